The van der Waals surface area contributed by atoms with E-state index in [2.05, 4.69) is 5.10 Å². The van der Waals surface area contributed by atoms with Gasteiger partial charge in [0.2, 0.25) is 0 Å². The van der Waals surface area contributed by atoms with Crippen LogP contribution in [0.15, 0.2) is 18.3 Å². The minimum atomic E-state index is -4.94. The van der Waals surface area contributed by atoms with Crippen LogP contribution in [0.5, 0.6) is 5.75 Å². The van der Waals surface area contributed by atoms with E-state index in [1.807, 2.05) is 0 Å². The number of aromatic nitrogens is 2. The molecule has 1 heterocycles. The van der Waals surface area contributed by atoms with Gasteiger partial charge in [0.25, 0.3) is 6.43 Å². The predicted octanol–water partition coefficient (Wildman–Crippen LogP) is 4.06. The first-order valence-corrected chi connectivity index (χ1v) is 5.91. The average Bonchev–Trinajstić information content (AvgIpc) is 2.79. The SMILES string of the molecule is N#Cc1cc(-n2cc(Cl)c(C(F)F)n2)c(O)c(C(F)(F)F)c1. The zero-order valence-corrected chi connectivity index (χ0v) is 11.1. The summed E-state index contributed by atoms with van der Waals surface area (Å²) in [6.45, 7) is 0. The van der Waals surface area contributed by atoms with Crippen LogP contribution in [0.3, 0.4) is 0 Å². The van der Waals surface area contributed by atoms with Crippen molar-refractivity contribution in [2.24, 2.45) is 0 Å². The summed E-state index contributed by atoms with van der Waals surface area (Å²) in [4.78, 5) is 0. The maximum Gasteiger partial charge on any atom is 0.420 e. The molecule has 0 aliphatic heterocycles. The molecule has 1 aromatic heterocycles. The Bertz CT molecular complexity index is 763. The fourth-order valence-corrected chi connectivity index (χ4v) is 1.92. The number of benzene rings is 1. The molecule has 4 nitrogen and oxygen atoms in total. The molecular formula is C12H5ClF5N3O. The Balaban J connectivity index is 2.70. The molecular weight excluding hydrogens is 333 g/mol. The van der Waals surface area contributed by atoms with Crippen LogP contribution in [0.4, 0.5) is 22.0 Å². The van der Waals surface area contributed by atoms with Crippen LogP contribution < -0.4 is 0 Å². The first-order chi connectivity index (χ1) is 10.1. The van der Waals surface area contributed by atoms with Gasteiger partial charge in [0.05, 0.1) is 22.9 Å². The molecule has 116 valence electrons. The van der Waals surface area contributed by atoms with Crippen molar-refractivity contribution in [3.05, 3.63) is 40.2 Å². The second kappa shape index (κ2) is 5.46. The third-order valence-electron chi connectivity index (χ3n) is 2.67. The Labute approximate surface area is 125 Å². The number of nitriles is 1. The number of rotatable bonds is 2. The minimum Gasteiger partial charge on any atom is -0.505 e. The van der Waals surface area contributed by atoms with Gasteiger partial charge < -0.3 is 5.11 Å². The molecule has 0 spiro atoms. The maximum atomic E-state index is 12.8. The van der Waals surface area contributed by atoms with E-state index in [9.17, 15) is 27.1 Å². The molecule has 0 unspecified atom stereocenters. The summed E-state index contributed by atoms with van der Waals surface area (Å²) in [7, 11) is 0. The lowest BCUT2D eigenvalue weighted by molar-refractivity contribution is -0.138. The van der Waals surface area contributed by atoms with Crippen molar-refractivity contribution in [1.29, 1.82) is 5.26 Å². The topological polar surface area (TPSA) is 61.8 Å². The zero-order chi connectivity index (χ0) is 16.7. The third kappa shape index (κ3) is 2.82. The van der Waals surface area contributed by atoms with Gasteiger partial charge in [0.1, 0.15) is 16.9 Å². The summed E-state index contributed by atoms with van der Waals surface area (Å²) in [5.41, 5.74) is -3.34. The van der Waals surface area contributed by atoms with Crippen molar-refractivity contribution in [1.82, 2.24) is 9.78 Å². The van der Waals surface area contributed by atoms with Crippen molar-refractivity contribution in [2.45, 2.75) is 12.6 Å². The van der Waals surface area contributed by atoms with E-state index in [1.54, 1.807) is 0 Å². The van der Waals surface area contributed by atoms with Gasteiger partial charge in [-0.15, -0.1) is 0 Å². The molecule has 22 heavy (non-hydrogen) atoms. The van der Waals surface area contributed by atoms with E-state index in [-0.39, 0.29) is 0 Å². The smallest absolute Gasteiger partial charge is 0.420 e. The molecule has 0 fully saturated rings. The Morgan fingerprint density at radius 2 is 1.95 bits per heavy atom. The maximum absolute atomic E-state index is 12.8. The van der Waals surface area contributed by atoms with Gasteiger partial charge in [-0.2, -0.15) is 23.5 Å². The zero-order valence-electron chi connectivity index (χ0n) is 10.4. The summed E-state index contributed by atoms with van der Waals surface area (Å²) in [6.07, 6.45) is -7.16. The second-order valence-corrected chi connectivity index (χ2v) is 4.52. The monoisotopic (exact) mass is 337 g/mol. The van der Waals surface area contributed by atoms with E-state index in [0.717, 1.165) is 12.3 Å². The van der Waals surface area contributed by atoms with Crippen LogP contribution in [0.1, 0.15) is 23.2 Å². The molecule has 1 aromatic carbocycles. The van der Waals surface area contributed by atoms with Gasteiger partial charge in [-0.25, -0.2) is 13.5 Å². The van der Waals surface area contributed by atoms with Crippen molar-refractivity contribution >= 4 is 11.6 Å². The Kier molecular flexibility index (Phi) is 3.98. The van der Waals surface area contributed by atoms with Crippen LogP contribution in [-0.2, 0) is 6.18 Å². The van der Waals surface area contributed by atoms with Gasteiger partial charge in [-0.05, 0) is 12.1 Å². The molecule has 10 heteroatoms. The largest absolute Gasteiger partial charge is 0.505 e. The lowest BCUT2D eigenvalue weighted by atomic mass is 10.1. The van der Waals surface area contributed by atoms with Crippen molar-refractivity contribution < 1.29 is 27.1 Å². The Morgan fingerprint density at radius 3 is 2.41 bits per heavy atom. The van der Waals surface area contributed by atoms with Gasteiger partial charge >= 0.3 is 6.18 Å². The normalized spacial score (nSPS) is 11.7. The highest BCUT2D eigenvalue weighted by molar-refractivity contribution is 6.31. The predicted molar refractivity (Wildman–Crippen MR) is 64.9 cm³/mol. The highest BCUT2D eigenvalue weighted by Gasteiger charge is 2.36. The van der Waals surface area contributed by atoms with Crippen molar-refractivity contribution in [3.63, 3.8) is 0 Å². The molecule has 0 atom stereocenters. The molecule has 0 aliphatic carbocycles. The van der Waals surface area contributed by atoms with Crippen LogP contribution in [0.25, 0.3) is 5.69 Å². The number of nitrogens with zero attached hydrogens (tertiary/aromatic N) is 3. The number of halogens is 6. The van der Waals surface area contributed by atoms with E-state index in [4.69, 9.17) is 16.9 Å². The van der Waals surface area contributed by atoms with E-state index < -0.39 is 45.9 Å². The molecule has 0 aliphatic rings. The van der Waals surface area contributed by atoms with Crippen LogP contribution in [0, 0.1) is 11.3 Å². The molecule has 0 radical (unpaired) electrons. The van der Waals surface area contributed by atoms with Crippen molar-refractivity contribution in [3.8, 4) is 17.5 Å². The molecule has 2 rings (SSSR count). The van der Waals surface area contributed by atoms with Gasteiger partial charge in [0, 0.05) is 0 Å². The Hall–Kier alpha value is -2.34. The summed E-state index contributed by atoms with van der Waals surface area (Å²) < 4.78 is 64.3. The number of hydrogen-bond donors (Lipinski definition) is 1. The van der Waals surface area contributed by atoms with E-state index >= 15 is 0 Å². The van der Waals surface area contributed by atoms with Gasteiger partial charge in [-0.1, -0.05) is 11.6 Å². The number of aromatic hydroxyl groups is 1. The molecule has 2 aromatic rings. The van der Waals surface area contributed by atoms with Crippen molar-refractivity contribution in [2.75, 3.05) is 0 Å². The Morgan fingerprint density at radius 1 is 1.32 bits per heavy atom. The fourth-order valence-electron chi connectivity index (χ4n) is 1.71. The lowest BCUT2D eigenvalue weighted by Crippen LogP contribution is -2.08. The first-order valence-electron chi connectivity index (χ1n) is 5.53. The number of alkyl halides is 5. The van der Waals surface area contributed by atoms with Crippen LogP contribution >= 0.6 is 11.6 Å². The molecule has 0 saturated heterocycles. The van der Waals surface area contributed by atoms with E-state index in [1.165, 1.54) is 6.07 Å². The third-order valence-corrected chi connectivity index (χ3v) is 2.96. The van der Waals surface area contributed by atoms with Gasteiger partial charge in [0.15, 0.2) is 5.75 Å². The first kappa shape index (κ1) is 16.0. The summed E-state index contributed by atoms with van der Waals surface area (Å²) in [5, 5.41) is 21.3. The quantitative estimate of drug-likeness (QED) is 0.841. The average molecular weight is 338 g/mol. The fraction of sp³-hybridized carbons (Fsp3) is 0.167. The van der Waals surface area contributed by atoms with Crippen LogP contribution in [0.2, 0.25) is 5.02 Å². The van der Waals surface area contributed by atoms with Crippen LogP contribution in [-0.4, -0.2) is 14.9 Å². The highest BCUT2D eigenvalue weighted by Crippen LogP contribution is 2.40. The summed E-state index contributed by atoms with van der Waals surface area (Å²) >= 11 is 5.51. The van der Waals surface area contributed by atoms with Gasteiger partial charge in [-0.3, -0.25) is 0 Å². The minimum absolute atomic E-state index is 0.426. The molecule has 1 N–H and O–H groups in total. The number of phenols is 1. The lowest BCUT2D eigenvalue weighted by Gasteiger charge is -2.13. The standard InChI is InChI=1S/C12H5ClF5N3O/c13-7-4-21(20-9(7)11(14)15)8-2-5(3-19)1-6(10(8)22)12(16,17)18/h1-2,4,11,22H. The second-order valence-electron chi connectivity index (χ2n) is 4.11. The highest BCUT2D eigenvalue weighted by atomic mass is 35.5. The summed E-state index contributed by atoms with van der Waals surface area (Å²) in [6, 6.07) is 2.81. The molecule has 0 bridgehead atoms. The number of phenolic OH excluding ortho intramolecular Hbond substituents is 1. The molecule has 0 amide bonds. The number of hydrogen-bond acceptors (Lipinski definition) is 3. The van der Waals surface area contributed by atoms with E-state index in [0.29, 0.717) is 10.7 Å². The summed E-state index contributed by atoms with van der Waals surface area (Å²) in [5.74, 6) is -1.24. The molecule has 0 saturated carbocycles.